The highest BCUT2D eigenvalue weighted by atomic mass is 35.5. The van der Waals surface area contributed by atoms with E-state index in [0.29, 0.717) is 5.39 Å². The van der Waals surface area contributed by atoms with Gasteiger partial charge in [-0.3, -0.25) is 14.9 Å². The molecular formula is C19H13ClN2O6. The number of aromatic hydroxyl groups is 1. The lowest BCUT2D eigenvalue weighted by Crippen LogP contribution is -2.21. The number of ether oxygens (including phenoxy) is 1. The van der Waals surface area contributed by atoms with Crippen LogP contribution < -0.4 is 5.32 Å². The number of rotatable bonds is 5. The number of phenolic OH excluding ortho intramolecular Hbond substituents is 1. The molecule has 9 heteroatoms. The summed E-state index contributed by atoms with van der Waals surface area (Å²) in [6.07, 6.45) is 0. The maximum Gasteiger partial charge on any atom is 0.342 e. The molecule has 0 atom stereocenters. The average molecular weight is 401 g/mol. The van der Waals surface area contributed by atoms with Crippen molar-refractivity contribution in [3.05, 3.63) is 75.3 Å². The summed E-state index contributed by atoms with van der Waals surface area (Å²) >= 11 is 5.71. The van der Waals surface area contributed by atoms with Crippen LogP contribution in [0.5, 0.6) is 5.75 Å². The lowest BCUT2D eigenvalue weighted by molar-refractivity contribution is -0.383. The van der Waals surface area contributed by atoms with Gasteiger partial charge in [-0.1, -0.05) is 41.9 Å². The Morgan fingerprint density at radius 2 is 1.89 bits per heavy atom. The fourth-order valence-electron chi connectivity index (χ4n) is 2.58. The summed E-state index contributed by atoms with van der Waals surface area (Å²) in [5.41, 5.74) is -0.563. The Hall–Kier alpha value is -3.65. The zero-order chi connectivity index (χ0) is 20.3. The molecule has 3 aromatic carbocycles. The van der Waals surface area contributed by atoms with Gasteiger partial charge in [0.15, 0.2) is 6.61 Å². The molecule has 0 unspecified atom stereocenters. The van der Waals surface area contributed by atoms with Crippen LogP contribution in [-0.4, -0.2) is 28.5 Å². The standard InChI is InChI=1S/C19H13ClN2O6/c20-12-6-8-15(16(9-12)22(26)27)21-17(23)10-28-19(25)14-7-5-11-3-1-2-4-13(11)18(14)24/h1-9,24H,10H2,(H,21,23). The van der Waals surface area contributed by atoms with Gasteiger partial charge in [0.05, 0.1) is 4.92 Å². The molecule has 0 aliphatic rings. The molecule has 8 nitrogen and oxygen atoms in total. The molecule has 2 N–H and O–H groups in total. The van der Waals surface area contributed by atoms with E-state index in [1.807, 2.05) is 0 Å². The molecule has 0 saturated carbocycles. The quantitative estimate of drug-likeness (QED) is 0.381. The third-order valence-corrected chi connectivity index (χ3v) is 4.12. The second-order valence-electron chi connectivity index (χ2n) is 5.73. The Labute approximate surface area is 163 Å². The number of anilines is 1. The van der Waals surface area contributed by atoms with E-state index in [-0.39, 0.29) is 27.7 Å². The van der Waals surface area contributed by atoms with Crippen LogP contribution in [0, 0.1) is 10.1 Å². The first kappa shape index (κ1) is 19.1. The van der Waals surface area contributed by atoms with E-state index in [9.17, 15) is 24.8 Å². The number of phenols is 1. The van der Waals surface area contributed by atoms with Crippen molar-refractivity contribution in [2.45, 2.75) is 0 Å². The number of fused-ring (bicyclic) bond motifs is 1. The highest BCUT2D eigenvalue weighted by Crippen LogP contribution is 2.29. The molecule has 0 aliphatic carbocycles. The van der Waals surface area contributed by atoms with E-state index in [0.717, 1.165) is 11.5 Å². The van der Waals surface area contributed by atoms with E-state index in [2.05, 4.69) is 5.32 Å². The van der Waals surface area contributed by atoms with Crippen molar-refractivity contribution in [1.82, 2.24) is 0 Å². The van der Waals surface area contributed by atoms with Gasteiger partial charge in [-0.2, -0.15) is 0 Å². The normalized spacial score (nSPS) is 10.5. The van der Waals surface area contributed by atoms with Crippen LogP contribution in [0.25, 0.3) is 10.8 Å². The third-order valence-electron chi connectivity index (χ3n) is 3.89. The summed E-state index contributed by atoms with van der Waals surface area (Å²) in [4.78, 5) is 34.5. The fourth-order valence-corrected chi connectivity index (χ4v) is 2.74. The predicted molar refractivity (Wildman–Crippen MR) is 103 cm³/mol. The Morgan fingerprint density at radius 3 is 2.64 bits per heavy atom. The third kappa shape index (κ3) is 4.02. The van der Waals surface area contributed by atoms with Gasteiger partial charge < -0.3 is 15.2 Å². The summed E-state index contributed by atoms with van der Waals surface area (Å²) in [7, 11) is 0. The Morgan fingerprint density at radius 1 is 1.14 bits per heavy atom. The zero-order valence-corrected chi connectivity index (χ0v) is 15.0. The lowest BCUT2D eigenvalue weighted by Gasteiger charge is -2.09. The molecule has 0 heterocycles. The van der Waals surface area contributed by atoms with Crippen molar-refractivity contribution in [1.29, 1.82) is 0 Å². The zero-order valence-electron chi connectivity index (χ0n) is 14.2. The van der Waals surface area contributed by atoms with Gasteiger partial charge in [0.1, 0.15) is 17.0 Å². The summed E-state index contributed by atoms with van der Waals surface area (Å²) in [5, 5.41) is 24.9. The molecular weight excluding hydrogens is 388 g/mol. The number of nitrogens with one attached hydrogen (secondary N) is 1. The van der Waals surface area contributed by atoms with Gasteiger partial charge >= 0.3 is 5.97 Å². The molecule has 0 fully saturated rings. The van der Waals surface area contributed by atoms with Gasteiger partial charge in [-0.15, -0.1) is 0 Å². The minimum Gasteiger partial charge on any atom is -0.506 e. The highest BCUT2D eigenvalue weighted by Gasteiger charge is 2.19. The lowest BCUT2D eigenvalue weighted by atomic mass is 10.1. The number of nitro groups is 1. The molecule has 0 aromatic heterocycles. The molecule has 0 saturated heterocycles. The Kier molecular flexibility index (Phi) is 5.42. The molecule has 0 radical (unpaired) electrons. The summed E-state index contributed by atoms with van der Waals surface area (Å²) in [6, 6.07) is 13.7. The molecule has 3 aromatic rings. The van der Waals surface area contributed by atoms with Crippen molar-refractivity contribution in [2.24, 2.45) is 0 Å². The number of hydrogen-bond donors (Lipinski definition) is 2. The highest BCUT2D eigenvalue weighted by molar-refractivity contribution is 6.31. The smallest absolute Gasteiger partial charge is 0.342 e. The van der Waals surface area contributed by atoms with Gasteiger partial charge in [-0.05, 0) is 23.6 Å². The van der Waals surface area contributed by atoms with E-state index >= 15 is 0 Å². The second-order valence-corrected chi connectivity index (χ2v) is 6.16. The number of esters is 1. The number of nitrogens with zero attached hydrogens (tertiary/aromatic N) is 1. The van der Waals surface area contributed by atoms with Crippen molar-refractivity contribution in [3.63, 3.8) is 0 Å². The van der Waals surface area contributed by atoms with E-state index in [4.69, 9.17) is 16.3 Å². The van der Waals surface area contributed by atoms with Crippen LogP contribution in [0.3, 0.4) is 0 Å². The molecule has 0 bridgehead atoms. The number of nitro benzene ring substituents is 1. The van der Waals surface area contributed by atoms with Crippen LogP contribution in [-0.2, 0) is 9.53 Å². The van der Waals surface area contributed by atoms with Crippen molar-refractivity contribution in [3.8, 4) is 5.75 Å². The molecule has 3 rings (SSSR count). The van der Waals surface area contributed by atoms with E-state index in [1.54, 1.807) is 30.3 Å². The minimum atomic E-state index is -0.899. The fraction of sp³-hybridized carbons (Fsp3) is 0.0526. The van der Waals surface area contributed by atoms with Crippen molar-refractivity contribution in [2.75, 3.05) is 11.9 Å². The molecule has 0 aliphatic heterocycles. The number of halogens is 1. The summed E-state index contributed by atoms with van der Waals surface area (Å²) in [5.74, 6) is -1.93. The average Bonchev–Trinajstić information content (AvgIpc) is 2.68. The minimum absolute atomic E-state index is 0.0796. The SMILES string of the molecule is O=C(COC(=O)c1ccc2ccccc2c1O)Nc1ccc(Cl)cc1[N+](=O)[O-]. The van der Waals surface area contributed by atoms with Gasteiger partial charge in [0.2, 0.25) is 0 Å². The van der Waals surface area contributed by atoms with Crippen LogP contribution in [0.2, 0.25) is 5.02 Å². The predicted octanol–water partition coefficient (Wildman–Crippen LogP) is 3.90. The summed E-state index contributed by atoms with van der Waals surface area (Å²) in [6.45, 7) is -0.690. The summed E-state index contributed by atoms with van der Waals surface area (Å²) < 4.78 is 4.91. The number of carbonyl (C=O) groups excluding carboxylic acids is 2. The van der Waals surface area contributed by atoms with Crippen LogP contribution in [0.1, 0.15) is 10.4 Å². The first-order chi connectivity index (χ1) is 13.4. The number of hydrogen-bond acceptors (Lipinski definition) is 6. The largest absolute Gasteiger partial charge is 0.506 e. The molecule has 0 spiro atoms. The topological polar surface area (TPSA) is 119 Å². The van der Waals surface area contributed by atoms with Gasteiger partial charge in [0, 0.05) is 16.5 Å². The molecule has 142 valence electrons. The first-order valence-electron chi connectivity index (χ1n) is 7.98. The maximum atomic E-state index is 12.2. The monoisotopic (exact) mass is 400 g/mol. The van der Waals surface area contributed by atoms with Gasteiger partial charge in [-0.25, -0.2) is 4.79 Å². The molecule has 1 amide bonds. The van der Waals surface area contributed by atoms with Crippen molar-refractivity contribution < 1.29 is 24.4 Å². The number of benzene rings is 3. The molecule has 28 heavy (non-hydrogen) atoms. The number of carbonyl (C=O) groups is 2. The van der Waals surface area contributed by atoms with Crippen LogP contribution in [0.15, 0.2) is 54.6 Å². The van der Waals surface area contributed by atoms with Crippen molar-refractivity contribution >= 4 is 45.6 Å². The Balaban J connectivity index is 1.69. The maximum absolute atomic E-state index is 12.2. The Bertz CT molecular complexity index is 1100. The van der Waals surface area contributed by atoms with Gasteiger partial charge in [0.25, 0.3) is 11.6 Å². The van der Waals surface area contributed by atoms with E-state index < -0.39 is 23.4 Å². The van der Waals surface area contributed by atoms with Crippen LogP contribution in [0.4, 0.5) is 11.4 Å². The number of amides is 1. The van der Waals surface area contributed by atoms with E-state index in [1.165, 1.54) is 18.2 Å². The van der Waals surface area contributed by atoms with Crippen LogP contribution >= 0.6 is 11.6 Å². The first-order valence-corrected chi connectivity index (χ1v) is 8.36. The second kappa shape index (κ2) is 7.93.